The minimum atomic E-state index is -4.38. The van der Waals surface area contributed by atoms with E-state index >= 15 is 0 Å². The molecule has 2 rings (SSSR count). The maximum atomic E-state index is 12.7. The standard InChI is InChI=1S/C15H15F3N4/c1-3-7-19-14-20-10(2)8-13(22-14)21-12-6-4-5-11(9-12)15(16,17)18/h3-6,8-9H,1,7H2,2H3,(H2,19,20,21,22). The summed E-state index contributed by atoms with van der Waals surface area (Å²) in [6.45, 7) is 5.85. The number of benzene rings is 1. The summed E-state index contributed by atoms with van der Waals surface area (Å²) < 4.78 is 38.1. The number of hydrogen-bond acceptors (Lipinski definition) is 4. The van der Waals surface area contributed by atoms with Crippen molar-refractivity contribution in [1.29, 1.82) is 0 Å². The Morgan fingerprint density at radius 2 is 2.00 bits per heavy atom. The number of nitrogens with one attached hydrogen (secondary N) is 2. The van der Waals surface area contributed by atoms with E-state index in [9.17, 15) is 13.2 Å². The second kappa shape index (κ2) is 6.46. The first kappa shape index (κ1) is 15.8. The first-order valence-corrected chi connectivity index (χ1v) is 6.53. The maximum Gasteiger partial charge on any atom is 0.416 e. The number of anilines is 3. The van der Waals surface area contributed by atoms with Crippen LogP contribution in [0.25, 0.3) is 0 Å². The second-order valence-electron chi connectivity index (χ2n) is 4.59. The third-order valence-electron chi connectivity index (χ3n) is 2.72. The molecule has 0 aliphatic rings. The minimum Gasteiger partial charge on any atom is -0.351 e. The van der Waals surface area contributed by atoms with Gasteiger partial charge >= 0.3 is 6.18 Å². The largest absolute Gasteiger partial charge is 0.416 e. The number of hydrogen-bond donors (Lipinski definition) is 2. The molecule has 2 N–H and O–H groups in total. The van der Waals surface area contributed by atoms with Crippen LogP contribution in [0.3, 0.4) is 0 Å². The molecule has 0 bridgehead atoms. The predicted molar refractivity (Wildman–Crippen MR) is 80.2 cm³/mol. The van der Waals surface area contributed by atoms with Crippen LogP contribution in [-0.2, 0) is 6.18 Å². The zero-order valence-corrected chi connectivity index (χ0v) is 11.9. The molecule has 0 saturated heterocycles. The van der Waals surface area contributed by atoms with Gasteiger partial charge in [0.2, 0.25) is 5.95 Å². The Kier molecular flexibility index (Phi) is 4.65. The van der Waals surface area contributed by atoms with Gasteiger partial charge in [-0.3, -0.25) is 0 Å². The normalized spacial score (nSPS) is 11.1. The Morgan fingerprint density at radius 1 is 1.23 bits per heavy atom. The fourth-order valence-electron chi connectivity index (χ4n) is 1.80. The van der Waals surface area contributed by atoms with Gasteiger partial charge in [0.15, 0.2) is 0 Å². The van der Waals surface area contributed by atoms with Crippen molar-refractivity contribution < 1.29 is 13.2 Å². The lowest BCUT2D eigenvalue weighted by Crippen LogP contribution is -2.07. The van der Waals surface area contributed by atoms with E-state index in [1.807, 2.05) is 0 Å². The maximum absolute atomic E-state index is 12.7. The van der Waals surface area contributed by atoms with E-state index in [1.54, 1.807) is 25.1 Å². The molecule has 0 amide bonds. The van der Waals surface area contributed by atoms with Crippen molar-refractivity contribution in [1.82, 2.24) is 9.97 Å². The Hall–Kier alpha value is -2.57. The van der Waals surface area contributed by atoms with Gasteiger partial charge in [0.1, 0.15) is 5.82 Å². The zero-order chi connectivity index (χ0) is 16.2. The third-order valence-corrected chi connectivity index (χ3v) is 2.72. The summed E-state index contributed by atoms with van der Waals surface area (Å²) in [5.41, 5.74) is 0.284. The van der Waals surface area contributed by atoms with Crippen LogP contribution in [-0.4, -0.2) is 16.5 Å². The number of alkyl halides is 3. The Bertz CT molecular complexity index is 668. The van der Waals surface area contributed by atoms with Crippen molar-refractivity contribution in [2.75, 3.05) is 17.2 Å². The molecule has 0 atom stereocenters. The molecule has 1 aromatic carbocycles. The molecule has 0 aliphatic carbocycles. The van der Waals surface area contributed by atoms with Gasteiger partial charge in [-0.25, -0.2) is 4.98 Å². The third kappa shape index (κ3) is 4.21. The van der Waals surface area contributed by atoms with Crippen LogP contribution >= 0.6 is 0 Å². The quantitative estimate of drug-likeness (QED) is 0.815. The highest BCUT2D eigenvalue weighted by Crippen LogP contribution is 2.31. The monoisotopic (exact) mass is 308 g/mol. The number of rotatable bonds is 5. The van der Waals surface area contributed by atoms with E-state index < -0.39 is 11.7 Å². The number of nitrogens with zero attached hydrogens (tertiary/aromatic N) is 2. The van der Waals surface area contributed by atoms with Gasteiger partial charge in [-0.1, -0.05) is 12.1 Å². The fourth-order valence-corrected chi connectivity index (χ4v) is 1.80. The summed E-state index contributed by atoms with van der Waals surface area (Å²) in [5.74, 6) is 0.799. The highest BCUT2D eigenvalue weighted by Gasteiger charge is 2.30. The molecule has 4 nitrogen and oxygen atoms in total. The number of halogens is 3. The summed E-state index contributed by atoms with van der Waals surface area (Å²) in [5, 5.41) is 5.79. The van der Waals surface area contributed by atoms with Crippen LogP contribution in [0.1, 0.15) is 11.3 Å². The first-order chi connectivity index (χ1) is 10.4. The molecule has 0 unspecified atom stereocenters. The van der Waals surface area contributed by atoms with Crippen LogP contribution < -0.4 is 10.6 Å². The summed E-state index contributed by atoms with van der Waals surface area (Å²) >= 11 is 0. The smallest absolute Gasteiger partial charge is 0.351 e. The molecule has 7 heteroatoms. The summed E-state index contributed by atoms with van der Waals surface area (Å²) in [6.07, 6.45) is -2.72. The molecule has 0 radical (unpaired) electrons. The van der Waals surface area contributed by atoms with E-state index in [2.05, 4.69) is 27.2 Å². The lowest BCUT2D eigenvalue weighted by atomic mass is 10.2. The minimum absolute atomic E-state index is 0.308. The van der Waals surface area contributed by atoms with Crippen molar-refractivity contribution in [3.8, 4) is 0 Å². The molecule has 0 saturated carbocycles. The average Bonchev–Trinajstić information content (AvgIpc) is 2.44. The van der Waals surface area contributed by atoms with E-state index in [4.69, 9.17) is 0 Å². The second-order valence-corrected chi connectivity index (χ2v) is 4.59. The summed E-state index contributed by atoms with van der Waals surface area (Å²) in [6, 6.07) is 6.60. The van der Waals surface area contributed by atoms with Crippen molar-refractivity contribution in [3.05, 3.63) is 54.2 Å². The van der Waals surface area contributed by atoms with Crippen molar-refractivity contribution in [2.24, 2.45) is 0 Å². The molecule has 1 aromatic heterocycles. The zero-order valence-electron chi connectivity index (χ0n) is 11.9. The van der Waals surface area contributed by atoms with Gasteiger partial charge < -0.3 is 10.6 Å². The Morgan fingerprint density at radius 3 is 2.68 bits per heavy atom. The van der Waals surface area contributed by atoms with Crippen molar-refractivity contribution in [2.45, 2.75) is 13.1 Å². The lowest BCUT2D eigenvalue weighted by molar-refractivity contribution is -0.137. The SMILES string of the molecule is C=CCNc1nc(C)cc(Nc2cccc(C(F)(F)F)c2)n1. The van der Waals surface area contributed by atoms with E-state index in [1.165, 1.54) is 6.07 Å². The van der Waals surface area contributed by atoms with Crippen LogP contribution in [0, 0.1) is 6.92 Å². The van der Waals surface area contributed by atoms with Gasteiger partial charge in [0, 0.05) is 24.0 Å². The molecule has 0 spiro atoms. The highest BCUT2D eigenvalue weighted by molar-refractivity contribution is 5.58. The van der Waals surface area contributed by atoms with Crippen LogP contribution in [0.4, 0.5) is 30.6 Å². The number of aromatic nitrogens is 2. The highest BCUT2D eigenvalue weighted by atomic mass is 19.4. The van der Waals surface area contributed by atoms with Crippen LogP contribution in [0.2, 0.25) is 0 Å². The van der Waals surface area contributed by atoms with Gasteiger partial charge in [-0.15, -0.1) is 6.58 Å². The molecule has 2 aromatic rings. The van der Waals surface area contributed by atoms with E-state index in [-0.39, 0.29) is 0 Å². The Labute approximate surface area is 126 Å². The summed E-state index contributed by atoms with van der Waals surface area (Å²) in [7, 11) is 0. The molecule has 0 fully saturated rings. The fraction of sp³-hybridized carbons (Fsp3) is 0.200. The van der Waals surface area contributed by atoms with E-state index in [0.717, 1.165) is 12.1 Å². The first-order valence-electron chi connectivity index (χ1n) is 6.53. The van der Waals surface area contributed by atoms with E-state index in [0.29, 0.717) is 29.7 Å². The van der Waals surface area contributed by atoms with Crippen molar-refractivity contribution >= 4 is 17.5 Å². The number of aryl methyl sites for hydroxylation is 1. The van der Waals surface area contributed by atoms with Crippen LogP contribution in [0.5, 0.6) is 0 Å². The van der Waals surface area contributed by atoms with Gasteiger partial charge in [-0.05, 0) is 25.1 Å². The molecule has 22 heavy (non-hydrogen) atoms. The van der Waals surface area contributed by atoms with Gasteiger partial charge in [0.05, 0.1) is 5.56 Å². The van der Waals surface area contributed by atoms with Gasteiger partial charge in [0.25, 0.3) is 0 Å². The lowest BCUT2D eigenvalue weighted by Gasteiger charge is -2.11. The van der Waals surface area contributed by atoms with Crippen molar-refractivity contribution in [3.63, 3.8) is 0 Å². The topological polar surface area (TPSA) is 49.8 Å². The predicted octanol–water partition coefficient (Wildman–Crippen LogP) is 4.15. The molecule has 116 valence electrons. The van der Waals surface area contributed by atoms with Crippen LogP contribution in [0.15, 0.2) is 43.0 Å². The molecular formula is C15H15F3N4. The molecular weight excluding hydrogens is 293 g/mol. The Balaban J connectivity index is 2.23. The molecule has 0 aliphatic heterocycles. The van der Waals surface area contributed by atoms with Gasteiger partial charge in [-0.2, -0.15) is 18.2 Å². The summed E-state index contributed by atoms with van der Waals surface area (Å²) in [4.78, 5) is 8.38. The average molecular weight is 308 g/mol. The molecule has 1 heterocycles.